The predicted molar refractivity (Wildman–Crippen MR) is 101 cm³/mol. The van der Waals surface area contributed by atoms with E-state index in [4.69, 9.17) is 5.11 Å². The summed E-state index contributed by atoms with van der Waals surface area (Å²) in [4.78, 5) is 24.3. The van der Waals surface area contributed by atoms with Gasteiger partial charge in [-0.15, -0.1) is 0 Å². The highest BCUT2D eigenvalue weighted by Gasteiger charge is 2.19. The number of fused-ring (bicyclic) bond motifs is 2. The van der Waals surface area contributed by atoms with Gasteiger partial charge in [-0.05, 0) is 28.8 Å². The van der Waals surface area contributed by atoms with Crippen molar-refractivity contribution in [2.75, 3.05) is 0 Å². The number of carboxylic acid groups (broad SMARTS) is 1. The van der Waals surface area contributed by atoms with E-state index in [-0.39, 0.29) is 6.42 Å². The van der Waals surface area contributed by atoms with E-state index in [9.17, 15) is 14.7 Å². The molecule has 0 radical (unpaired) electrons. The number of carbonyl (C=O) groups excluding carboxylic acids is 1. The predicted octanol–water partition coefficient (Wildman–Crippen LogP) is 3.93. The SMILES string of the molecule is O=C(O)CC(=O)CC(O)/C=C/C=C1c2ccccc2Sc2ccccc21. The second kappa shape index (κ2) is 8.17. The van der Waals surface area contributed by atoms with Crippen molar-refractivity contribution in [3.8, 4) is 0 Å². The summed E-state index contributed by atoms with van der Waals surface area (Å²) in [5, 5.41) is 18.5. The molecule has 2 aromatic carbocycles. The molecule has 26 heavy (non-hydrogen) atoms. The van der Waals surface area contributed by atoms with E-state index >= 15 is 0 Å². The van der Waals surface area contributed by atoms with Gasteiger partial charge in [-0.3, -0.25) is 9.59 Å². The van der Waals surface area contributed by atoms with Crippen molar-refractivity contribution in [2.45, 2.75) is 28.7 Å². The molecule has 0 spiro atoms. The van der Waals surface area contributed by atoms with Crippen LogP contribution in [0.3, 0.4) is 0 Å². The molecule has 0 fully saturated rings. The van der Waals surface area contributed by atoms with Gasteiger partial charge in [0.1, 0.15) is 12.2 Å². The number of aliphatic hydroxyl groups excluding tert-OH is 1. The van der Waals surface area contributed by atoms with E-state index in [2.05, 4.69) is 24.3 Å². The molecule has 2 N–H and O–H groups in total. The van der Waals surface area contributed by atoms with Gasteiger partial charge in [0.25, 0.3) is 0 Å². The minimum atomic E-state index is -1.18. The van der Waals surface area contributed by atoms with E-state index in [1.807, 2.05) is 30.3 Å². The number of aliphatic carboxylic acids is 1. The minimum absolute atomic E-state index is 0.199. The Balaban J connectivity index is 1.82. The van der Waals surface area contributed by atoms with Gasteiger partial charge in [0, 0.05) is 16.2 Å². The van der Waals surface area contributed by atoms with Crippen molar-refractivity contribution in [3.05, 3.63) is 77.9 Å². The highest BCUT2D eigenvalue weighted by atomic mass is 32.2. The first-order valence-corrected chi connectivity index (χ1v) is 9.03. The molecular formula is C21H18O4S. The largest absolute Gasteiger partial charge is 0.481 e. The van der Waals surface area contributed by atoms with Crippen molar-refractivity contribution in [2.24, 2.45) is 0 Å². The lowest BCUT2D eigenvalue weighted by Crippen LogP contribution is -2.14. The maximum Gasteiger partial charge on any atom is 0.310 e. The van der Waals surface area contributed by atoms with Crippen LogP contribution in [0.4, 0.5) is 0 Å². The number of ketones is 1. The van der Waals surface area contributed by atoms with Gasteiger partial charge in [0.05, 0.1) is 6.10 Å². The Kier molecular flexibility index (Phi) is 5.71. The third-order valence-corrected chi connectivity index (χ3v) is 5.11. The lowest BCUT2D eigenvalue weighted by Gasteiger charge is -2.21. The van der Waals surface area contributed by atoms with E-state index < -0.39 is 24.3 Å². The van der Waals surface area contributed by atoms with Gasteiger partial charge < -0.3 is 10.2 Å². The molecule has 1 atom stereocenters. The van der Waals surface area contributed by atoms with Crippen LogP contribution < -0.4 is 0 Å². The Labute approximate surface area is 155 Å². The van der Waals surface area contributed by atoms with Crippen molar-refractivity contribution < 1.29 is 19.8 Å². The zero-order chi connectivity index (χ0) is 18.5. The quantitative estimate of drug-likeness (QED) is 0.647. The maximum atomic E-state index is 11.5. The molecule has 0 bridgehead atoms. The van der Waals surface area contributed by atoms with Gasteiger partial charge in [0.15, 0.2) is 0 Å². The fraction of sp³-hybridized carbons (Fsp3) is 0.143. The molecule has 1 aliphatic rings. The Bertz CT molecular complexity index is 851. The van der Waals surface area contributed by atoms with Crippen LogP contribution >= 0.6 is 11.8 Å². The van der Waals surface area contributed by atoms with Crippen LogP contribution in [0.25, 0.3) is 5.57 Å². The smallest absolute Gasteiger partial charge is 0.310 e. The molecule has 1 aliphatic heterocycles. The van der Waals surface area contributed by atoms with Crippen LogP contribution in [-0.4, -0.2) is 28.1 Å². The molecule has 1 unspecified atom stereocenters. The number of carbonyl (C=O) groups is 2. The minimum Gasteiger partial charge on any atom is -0.481 e. The standard InChI is InChI=1S/C21H18O4S/c22-14(12-15(23)13-21(24)25)6-5-9-16-17-7-1-3-10-19(17)26-20-11-4-2-8-18(16)20/h1-11,14,22H,12-13H2,(H,24,25)/b6-5+. The molecule has 3 rings (SSSR count). The molecule has 5 heteroatoms. The molecule has 0 saturated carbocycles. The molecule has 132 valence electrons. The summed E-state index contributed by atoms with van der Waals surface area (Å²) >= 11 is 1.73. The number of carboxylic acids is 1. The number of hydrogen-bond acceptors (Lipinski definition) is 4. The Morgan fingerprint density at radius 3 is 2.15 bits per heavy atom. The molecule has 1 heterocycles. The van der Waals surface area contributed by atoms with Gasteiger partial charge in [-0.2, -0.15) is 0 Å². The number of benzene rings is 2. The number of rotatable bonds is 6. The second-order valence-corrected chi connectivity index (χ2v) is 7.02. The monoisotopic (exact) mass is 366 g/mol. The summed E-state index contributed by atoms with van der Waals surface area (Å²) in [5.74, 6) is -1.67. The van der Waals surface area contributed by atoms with Crippen LogP contribution in [0.5, 0.6) is 0 Å². The molecule has 0 amide bonds. The zero-order valence-electron chi connectivity index (χ0n) is 14.0. The number of aliphatic hydroxyl groups is 1. The highest BCUT2D eigenvalue weighted by Crippen LogP contribution is 2.45. The van der Waals surface area contributed by atoms with Gasteiger partial charge in [-0.1, -0.05) is 66.4 Å². The molecule has 4 nitrogen and oxygen atoms in total. The summed E-state index contributed by atoms with van der Waals surface area (Å²) in [7, 11) is 0. The zero-order valence-corrected chi connectivity index (χ0v) is 14.8. The van der Waals surface area contributed by atoms with Gasteiger partial charge >= 0.3 is 5.97 Å². The lowest BCUT2D eigenvalue weighted by molar-refractivity contribution is -0.140. The fourth-order valence-electron chi connectivity index (χ4n) is 2.82. The third kappa shape index (κ3) is 4.31. The Hall–Kier alpha value is -2.63. The van der Waals surface area contributed by atoms with E-state index in [1.165, 1.54) is 15.9 Å². The molecule has 0 aliphatic carbocycles. The maximum absolute atomic E-state index is 11.5. The van der Waals surface area contributed by atoms with Crippen LogP contribution in [0.2, 0.25) is 0 Å². The molecule has 2 aromatic rings. The van der Waals surface area contributed by atoms with Crippen LogP contribution in [-0.2, 0) is 9.59 Å². The van der Waals surface area contributed by atoms with Crippen molar-refractivity contribution >= 4 is 29.1 Å². The topological polar surface area (TPSA) is 74.6 Å². The summed E-state index contributed by atoms with van der Waals surface area (Å²) in [6, 6.07) is 16.3. The third-order valence-electron chi connectivity index (χ3n) is 3.96. The van der Waals surface area contributed by atoms with Crippen LogP contribution in [0.1, 0.15) is 24.0 Å². The van der Waals surface area contributed by atoms with Crippen molar-refractivity contribution in [1.29, 1.82) is 0 Å². The normalized spacial score (nSPS) is 13.8. The number of hydrogen-bond donors (Lipinski definition) is 2. The lowest BCUT2D eigenvalue weighted by atomic mass is 9.96. The Morgan fingerprint density at radius 2 is 1.58 bits per heavy atom. The molecule has 0 saturated heterocycles. The summed E-state index contributed by atoms with van der Waals surface area (Å²) in [6.45, 7) is 0. The number of Topliss-reactive ketones (excluding diaryl/α,β-unsaturated/α-hetero) is 1. The Morgan fingerprint density at radius 1 is 1.00 bits per heavy atom. The molecule has 0 aromatic heterocycles. The van der Waals surface area contributed by atoms with Crippen molar-refractivity contribution in [1.82, 2.24) is 0 Å². The first-order valence-electron chi connectivity index (χ1n) is 8.21. The molecular weight excluding hydrogens is 348 g/mol. The van der Waals surface area contributed by atoms with Crippen molar-refractivity contribution in [3.63, 3.8) is 0 Å². The average molecular weight is 366 g/mol. The van der Waals surface area contributed by atoms with Gasteiger partial charge in [-0.25, -0.2) is 0 Å². The van der Waals surface area contributed by atoms with E-state index in [0.717, 1.165) is 16.7 Å². The highest BCUT2D eigenvalue weighted by molar-refractivity contribution is 7.99. The summed E-state index contributed by atoms with van der Waals surface area (Å²) < 4.78 is 0. The second-order valence-electron chi connectivity index (χ2n) is 5.94. The first kappa shape index (κ1) is 18.2. The van der Waals surface area contributed by atoms with Gasteiger partial charge in [0.2, 0.25) is 0 Å². The first-order chi connectivity index (χ1) is 12.5. The number of allylic oxidation sites excluding steroid dienone is 2. The summed E-state index contributed by atoms with van der Waals surface area (Å²) in [6.07, 6.45) is 3.39. The van der Waals surface area contributed by atoms with Crippen LogP contribution in [0.15, 0.2) is 76.5 Å². The average Bonchev–Trinajstić information content (AvgIpc) is 2.60. The van der Waals surface area contributed by atoms with E-state index in [0.29, 0.717) is 0 Å². The fourth-order valence-corrected chi connectivity index (χ4v) is 3.93. The van der Waals surface area contributed by atoms with E-state index in [1.54, 1.807) is 17.8 Å². The van der Waals surface area contributed by atoms with Crippen LogP contribution in [0, 0.1) is 0 Å². The summed E-state index contributed by atoms with van der Waals surface area (Å²) in [5.41, 5.74) is 3.30.